The summed E-state index contributed by atoms with van der Waals surface area (Å²) in [4.78, 5) is 14.4. The Hall–Kier alpha value is -1.13. The van der Waals surface area contributed by atoms with Gasteiger partial charge in [-0.15, -0.1) is 0 Å². The van der Waals surface area contributed by atoms with Crippen LogP contribution in [-0.4, -0.2) is 50.1 Å². The molecule has 1 atom stereocenters. The van der Waals surface area contributed by atoms with Crippen LogP contribution in [0, 0.1) is 5.92 Å². The fourth-order valence-corrected chi connectivity index (χ4v) is 2.50. The zero-order valence-corrected chi connectivity index (χ0v) is 11.8. The minimum atomic E-state index is 0.0703. The number of piperazine rings is 1. The number of nitrogens with zero attached hydrogens (tertiary/aromatic N) is 1. The van der Waals surface area contributed by atoms with Gasteiger partial charge < -0.3 is 10.6 Å². The predicted molar refractivity (Wildman–Crippen MR) is 77.9 cm³/mol. The molecule has 0 spiro atoms. The number of hydrogen-bond donors (Lipinski definition) is 2. The third-order valence-electron chi connectivity index (χ3n) is 3.90. The van der Waals surface area contributed by atoms with Crippen LogP contribution >= 0.6 is 0 Å². The highest BCUT2D eigenvalue weighted by Gasteiger charge is 2.13. The molecule has 0 aromatic rings. The van der Waals surface area contributed by atoms with Gasteiger partial charge in [-0.05, 0) is 18.8 Å². The molecule has 0 bridgehead atoms. The first kappa shape index (κ1) is 14.3. The topological polar surface area (TPSA) is 44.4 Å². The van der Waals surface area contributed by atoms with E-state index >= 15 is 0 Å². The summed E-state index contributed by atoms with van der Waals surface area (Å²) in [5, 5.41) is 6.34. The minimum Gasteiger partial charge on any atom is -0.351 e. The number of amides is 1. The van der Waals surface area contributed by atoms with E-state index in [1.54, 1.807) is 0 Å². The maximum absolute atomic E-state index is 12.0. The standard InChI is InChI=1S/C15H25N3O/c1-2-13-3-5-14(6-4-13)15(19)17-9-12-18-10-7-16-8-11-18/h3,5-6,13,16H,2,4,7-12H2,1H3,(H,17,19). The van der Waals surface area contributed by atoms with Crippen molar-refractivity contribution in [3.8, 4) is 0 Å². The van der Waals surface area contributed by atoms with Crippen LogP contribution in [0.1, 0.15) is 19.8 Å². The van der Waals surface area contributed by atoms with Crippen molar-refractivity contribution in [2.24, 2.45) is 5.92 Å². The number of carbonyl (C=O) groups excluding carboxylic acids is 1. The van der Waals surface area contributed by atoms with Gasteiger partial charge in [0.25, 0.3) is 5.91 Å². The van der Waals surface area contributed by atoms with Gasteiger partial charge in [-0.25, -0.2) is 0 Å². The van der Waals surface area contributed by atoms with Crippen LogP contribution in [0.5, 0.6) is 0 Å². The summed E-state index contributed by atoms with van der Waals surface area (Å²) >= 11 is 0. The second kappa shape index (κ2) is 7.46. The molecule has 4 nitrogen and oxygen atoms in total. The summed E-state index contributed by atoms with van der Waals surface area (Å²) in [6, 6.07) is 0. The van der Waals surface area contributed by atoms with E-state index in [1.165, 1.54) is 0 Å². The van der Waals surface area contributed by atoms with Crippen LogP contribution in [0.15, 0.2) is 23.8 Å². The Morgan fingerprint density at radius 2 is 2.26 bits per heavy atom. The zero-order chi connectivity index (χ0) is 13.5. The molecule has 1 unspecified atom stereocenters. The Balaban J connectivity index is 1.67. The Bertz CT molecular complexity index is 356. The maximum Gasteiger partial charge on any atom is 0.250 e. The Morgan fingerprint density at radius 3 is 2.89 bits per heavy atom. The first-order valence-corrected chi connectivity index (χ1v) is 7.39. The SMILES string of the molecule is CCC1C=CC(C(=O)NCCN2CCNCC2)=CC1. The normalized spacial score (nSPS) is 24.1. The highest BCUT2D eigenvalue weighted by molar-refractivity contribution is 5.96. The molecule has 1 heterocycles. The average Bonchev–Trinajstić information content (AvgIpc) is 2.48. The summed E-state index contributed by atoms with van der Waals surface area (Å²) < 4.78 is 0. The molecule has 2 rings (SSSR count). The van der Waals surface area contributed by atoms with E-state index in [-0.39, 0.29) is 5.91 Å². The molecular weight excluding hydrogens is 238 g/mol. The van der Waals surface area contributed by atoms with Gasteiger partial charge >= 0.3 is 0 Å². The molecule has 4 heteroatoms. The van der Waals surface area contributed by atoms with Crippen LogP contribution < -0.4 is 10.6 Å². The zero-order valence-electron chi connectivity index (χ0n) is 11.8. The van der Waals surface area contributed by atoms with E-state index < -0.39 is 0 Å². The molecule has 2 aliphatic rings. The van der Waals surface area contributed by atoms with Gasteiger partial charge in [0.15, 0.2) is 0 Å². The Morgan fingerprint density at radius 1 is 1.47 bits per heavy atom. The van der Waals surface area contributed by atoms with E-state index in [9.17, 15) is 4.79 Å². The number of hydrogen-bond acceptors (Lipinski definition) is 3. The minimum absolute atomic E-state index is 0.0703. The van der Waals surface area contributed by atoms with Gasteiger partial charge in [0.05, 0.1) is 0 Å². The van der Waals surface area contributed by atoms with Crippen molar-refractivity contribution < 1.29 is 4.79 Å². The van der Waals surface area contributed by atoms with E-state index in [0.29, 0.717) is 5.92 Å². The molecule has 0 aromatic carbocycles. The second-order valence-corrected chi connectivity index (χ2v) is 5.27. The van der Waals surface area contributed by atoms with Crippen molar-refractivity contribution in [2.45, 2.75) is 19.8 Å². The molecule has 19 heavy (non-hydrogen) atoms. The Labute approximate surface area is 115 Å². The molecule has 0 saturated carbocycles. The van der Waals surface area contributed by atoms with Crippen LogP contribution in [0.2, 0.25) is 0 Å². The van der Waals surface area contributed by atoms with Crippen molar-refractivity contribution >= 4 is 5.91 Å². The molecule has 1 aliphatic carbocycles. The third-order valence-corrected chi connectivity index (χ3v) is 3.90. The summed E-state index contributed by atoms with van der Waals surface area (Å²) in [5.74, 6) is 0.679. The van der Waals surface area contributed by atoms with Gasteiger partial charge in [0.2, 0.25) is 0 Å². The first-order valence-electron chi connectivity index (χ1n) is 7.39. The lowest BCUT2D eigenvalue weighted by molar-refractivity contribution is -0.117. The van der Waals surface area contributed by atoms with Gasteiger partial charge in [-0.2, -0.15) is 0 Å². The van der Waals surface area contributed by atoms with E-state index in [2.05, 4.69) is 34.6 Å². The number of carbonyl (C=O) groups is 1. The lowest BCUT2D eigenvalue weighted by atomic mass is 9.94. The monoisotopic (exact) mass is 263 g/mol. The van der Waals surface area contributed by atoms with Crippen LogP contribution in [-0.2, 0) is 4.79 Å². The van der Waals surface area contributed by atoms with Crippen molar-refractivity contribution in [2.75, 3.05) is 39.3 Å². The summed E-state index contributed by atoms with van der Waals surface area (Å²) in [7, 11) is 0. The quantitative estimate of drug-likeness (QED) is 0.775. The molecule has 0 aromatic heterocycles. The van der Waals surface area contributed by atoms with Crippen molar-refractivity contribution in [3.05, 3.63) is 23.8 Å². The Kier molecular flexibility index (Phi) is 5.61. The van der Waals surface area contributed by atoms with Crippen molar-refractivity contribution in [3.63, 3.8) is 0 Å². The molecule has 0 radical (unpaired) electrons. The molecule has 1 amide bonds. The second-order valence-electron chi connectivity index (χ2n) is 5.27. The summed E-state index contributed by atoms with van der Waals surface area (Å²) in [6.07, 6.45) is 8.33. The van der Waals surface area contributed by atoms with Crippen molar-refractivity contribution in [1.82, 2.24) is 15.5 Å². The average molecular weight is 263 g/mol. The fraction of sp³-hybridized carbons (Fsp3) is 0.667. The molecule has 1 fully saturated rings. The predicted octanol–water partition coefficient (Wildman–Crippen LogP) is 0.920. The lowest BCUT2D eigenvalue weighted by Gasteiger charge is -2.27. The van der Waals surface area contributed by atoms with Gasteiger partial charge in [-0.3, -0.25) is 9.69 Å². The largest absolute Gasteiger partial charge is 0.351 e. The molecule has 1 aliphatic heterocycles. The van der Waals surface area contributed by atoms with Gasteiger partial charge in [-0.1, -0.05) is 25.2 Å². The fourth-order valence-electron chi connectivity index (χ4n) is 2.50. The highest BCUT2D eigenvalue weighted by atomic mass is 16.1. The molecule has 1 saturated heterocycles. The number of allylic oxidation sites excluding steroid dienone is 2. The summed E-state index contributed by atoms with van der Waals surface area (Å²) in [6.45, 7) is 8.14. The van der Waals surface area contributed by atoms with Gasteiger partial charge in [0.1, 0.15) is 0 Å². The van der Waals surface area contributed by atoms with E-state index in [0.717, 1.165) is 57.7 Å². The van der Waals surface area contributed by atoms with Crippen LogP contribution in [0.4, 0.5) is 0 Å². The smallest absolute Gasteiger partial charge is 0.250 e. The highest BCUT2D eigenvalue weighted by Crippen LogP contribution is 2.18. The lowest BCUT2D eigenvalue weighted by Crippen LogP contribution is -2.46. The molecule has 2 N–H and O–H groups in total. The van der Waals surface area contributed by atoms with Gasteiger partial charge in [0, 0.05) is 44.8 Å². The molecular formula is C15H25N3O. The van der Waals surface area contributed by atoms with E-state index in [4.69, 9.17) is 0 Å². The first-order chi connectivity index (χ1) is 9.29. The number of nitrogens with one attached hydrogen (secondary N) is 2. The van der Waals surface area contributed by atoms with Crippen LogP contribution in [0.3, 0.4) is 0 Å². The van der Waals surface area contributed by atoms with Crippen molar-refractivity contribution in [1.29, 1.82) is 0 Å². The number of rotatable bonds is 5. The third kappa shape index (κ3) is 4.48. The maximum atomic E-state index is 12.0. The van der Waals surface area contributed by atoms with Crippen LogP contribution in [0.25, 0.3) is 0 Å². The summed E-state index contributed by atoms with van der Waals surface area (Å²) in [5.41, 5.74) is 0.824. The molecule has 106 valence electrons. The van der Waals surface area contributed by atoms with E-state index in [1.807, 2.05) is 6.08 Å².